The average Bonchev–Trinajstić information content (AvgIpc) is 3.05. The number of hydrogen-bond acceptors (Lipinski definition) is 1. The number of thioether (sulfide) groups is 1. The lowest BCUT2D eigenvalue weighted by Gasteiger charge is -2.34. The zero-order valence-corrected chi connectivity index (χ0v) is 16.0. The Morgan fingerprint density at radius 3 is 1.74 bits per heavy atom. The molecule has 0 N–H and O–H groups in total. The first kappa shape index (κ1) is 16.4. The summed E-state index contributed by atoms with van der Waals surface area (Å²) in [4.78, 5) is 1.30. The van der Waals surface area contributed by atoms with E-state index in [1.165, 1.54) is 38.3 Å². The Kier molecular flexibility index (Phi) is 3.91. The lowest BCUT2D eigenvalue weighted by molar-refractivity contribution is 0.766. The van der Waals surface area contributed by atoms with Gasteiger partial charge in [0.1, 0.15) is 0 Å². The number of benzene rings is 4. The first-order chi connectivity index (χ1) is 13.4. The van der Waals surface area contributed by atoms with Gasteiger partial charge in [-0.2, -0.15) is 0 Å². The van der Waals surface area contributed by atoms with Gasteiger partial charge in [0.05, 0.1) is 5.41 Å². The summed E-state index contributed by atoms with van der Waals surface area (Å²) in [6.07, 6.45) is 2.15. The molecule has 0 atom stereocenters. The fraction of sp³-hybridized carbons (Fsp3) is 0.0769. The number of rotatable bonds is 3. The Morgan fingerprint density at radius 1 is 0.556 bits per heavy atom. The second kappa shape index (κ2) is 6.44. The summed E-state index contributed by atoms with van der Waals surface area (Å²) < 4.78 is 0. The molecule has 0 aromatic heterocycles. The molecule has 1 heteroatoms. The van der Waals surface area contributed by atoms with Gasteiger partial charge in [-0.05, 0) is 51.8 Å². The summed E-state index contributed by atoms with van der Waals surface area (Å²) in [5.41, 5.74) is 7.80. The van der Waals surface area contributed by atoms with Gasteiger partial charge < -0.3 is 0 Å². The van der Waals surface area contributed by atoms with Crippen molar-refractivity contribution in [3.63, 3.8) is 0 Å². The van der Waals surface area contributed by atoms with E-state index in [0.717, 1.165) is 0 Å². The predicted octanol–water partition coefficient (Wildman–Crippen LogP) is 6.77. The Bertz CT molecular complexity index is 1060. The maximum Gasteiger partial charge on any atom is 0.0713 e. The molecule has 0 bridgehead atoms. The zero-order chi connectivity index (χ0) is 18.3. The van der Waals surface area contributed by atoms with Crippen molar-refractivity contribution in [1.29, 1.82) is 0 Å². The second-order valence-corrected chi connectivity index (χ2v) is 7.82. The van der Waals surface area contributed by atoms with Crippen LogP contribution in [-0.2, 0) is 5.41 Å². The summed E-state index contributed by atoms with van der Waals surface area (Å²) in [6, 6.07) is 37.7. The summed E-state index contributed by atoms with van der Waals surface area (Å²) in [5, 5.41) is 0. The largest absolute Gasteiger partial charge is 0.130 e. The molecule has 0 radical (unpaired) electrons. The van der Waals surface area contributed by atoms with E-state index in [1.54, 1.807) is 11.8 Å². The molecule has 0 spiro atoms. The smallest absolute Gasteiger partial charge is 0.0713 e. The van der Waals surface area contributed by atoms with Crippen LogP contribution in [0.1, 0.15) is 22.3 Å². The van der Waals surface area contributed by atoms with Crippen molar-refractivity contribution < 1.29 is 0 Å². The standard InChI is InChI=1S/C26H20S/c1-27-21-16-17-23-22-14-8-9-15-24(22)26(25(23)18-21,19-10-4-2-5-11-19)20-12-6-3-7-13-20/h2-18H,1H3. The van der Waals surface area contributed by atoms with Crippen LogP contribution in [0.4, 0.5) is 0 Å². The SMILES string of the molecule is CSc1ccc2c(c1)C(c1ccccc1)(c1ccccc1)c1ccccc1-2. The minimum Gasteiger partial charge on any atom is -0.130 e. The molecule has 0 amide bonds. The summed E-state index contributed by atoms with van der Waals surface area (Å²) in [6.45, 7) is 0. The van der Waals surface area contributed by atoms with Gasteiger partial charge in [-0.3, -0.25) is 0 Å². The van der Waals surface area contributed by atoms with Gasteiger partial charge in [-0.1, -0.05) is 91.0 Å². The Labute approximate surface area is 164 Å². The third-order valence-electron chi connectivity index (χ3n) is 5.67. The lowest BCUT2D eigenvalue weighted by Crippen LogP contribution is -2.28. The molecule has 4 aromatic carbocycles. The maximum atomic E-state index is 2.39. The topological polar surface area (TPSA) is 0 Å². The highest BCUT2D eigenvalue weighted by atomic mass is 32.2. The summed E-state index contributed by atoms with van der Waals surface area (Å²) in [5.74, 6) is 0. The van der Waals surface area contributed by atoms with E-state index >= 15 is 0 Å². The van der Waals surface area contributed by atoms with Gasteiger partial charge in [0.2, 0.25) is 0 Å². The van der Waals surface area contributed by atoms with Crippen molar-refractivity contribution in [3.05, 3.63) is 125 Å². The van der Waals surface area contributed by atoms with E-state index < -0.39 is 0 Å². The van der Waals surface area contributed by atoms with E-state index in [2.05, 4.69) is 109 Å². The molecule has 5 rings (SSSR count). The van der Waals surface area contributed by atoms with Crippen LogP contribution < -0.4 is 0 Å². The summed E-state index contributed by atoms with van der Waals surface area (Å²) in [7, 11) is 0. The fourth-order valence-electron chi connectivity index (χ4n) is 4.55. The molecule has 0 unspecified atom stereocenters. The van der Waals surface area contributed by atoms with Gasteiger partial charge in [-0.15, -0.1) is 11.8 Å². The molecular weight excluding hydrogens is 344 g/mol. The molecule has 4 aromatic rings. The van der Waals surface area contributed by atoms with Crippen LogP contribution in [0, 0.1) is 0 Å². The lowest BCUT2D eigenvalue weighted by atomic mass is 9.68. The van der Waals surface area contributed by atoms with Gasteiger partial charge in [0.25, 0.3) is 0 Å². The molecule has 0 nitrogen and oxygen atoms in total. The minimum atomic E-state index is -0.278. The van der Waals surface area contributed by atoms with Crippen molar-refractivity contribution in [2.45, 2.75) is 10.3 Å². The molecular formula is C26H20S. The summed E-state index contributed by atoms with van der Waals surface area (Å²) >= 11 is 1.80. The Hall–Kier alpha value is -2.77. The first-order valence-electron chi connectivity index (χ1n) is 9.25. The molecule has 0 fully saturated rings. The zero-order valence-electron chi connectivity index (χ0n) is 15.2. The second-order valence-electron chi connectivity index (χ2n) is 6.94. The normalized spacial score (nSPS) is 13.8. The van der Waals surface area contributed by atoms with Crippen LogP contribution >= 0.6 is 11.8 Å². The van der Waals surface area contributed by atoms with Crippen LogP contribution in [0.5, 0.6) is 0 Å². The third-order valence-corrected chi connectivity index (χ3v) is 6.39. The van der Waals surface area contributed by atoms with Gasteiger partial charge in [0.15, 0.2) is 0 Å². The number of hydrogen-bond donors (Lipinski definition) is 0. The third kappa shape index (κ3) is 2.32. The maximum absolute atomic E-state index is 2.39. The molecule has 0 heterocycles. The highest BCUT2D eigenvalue weighted by Crippen LogP contribution is 2.56. The highest BCUT2D eigenvalue weighted by molar-refractivity contribution is 7.98. The van der Waals surface area contributed by atoms with E-state index in [-0.39, 0.29) is 5.41 Å². The Balaban J connectivity index is 1.97. The van der Waals surface area contributed by atoms with Crippen molar-refractivity contribution in [2.75, 3.05) is 6.26 Å². The van der Waals surface area contributed by atoms with Crippen LogP contribution in [0.3, 0.4) is 0 Å². The van der Waals surface area contributed by atoms with Crippen LogP contribution in [0.15, 0.2) is 108 Å². The van der Waals surface area contributed by atoms with E-state index in [4.69, 9.17) is 0 Å². The van der Waals surface area contributed by atoms with Crippen LogP contribution in [0.25, 0.3) is 11.1 Å². The molecule has 0 saturated heterocycles. The molecule has 130 valence electrons. The fourth-order valence-corrected chi connectivity index (χ4v) is 4.99. The first-order valence-corrected chi connectivity index (χ1v) is 10.5. The van der Waals surface area contributed by atoms with Gasteiger partial charge in [-0.25, -0.2) is 0 Å². The van der Waals surface area contributed by atoms with E-state index in [1.807, 2.05) is 0 Å². The van der Waals surface area contributed by atoms with Crippen molar-refractivity contribution in [2.24, 2.45) is 0 Å². The van der Waals surface area contributed by atoms with Crippen LogP contribution in [-0.4, -0.2) is 6.26 Å². The van der Waals surface area contributed by atoms with Gasteiger partial charge >= 0.3 is 0 Å². The number of fused-ring (bicyclic) bond motifs is 3. The van der Waals surface area contributed by atoms with E-state index in [9.17, 15) is 0 Å². The van der Waals surface area contributed by atoms with Crippen LogP contribution in [0.2, 0.25) is 0 Å². The average molecular weight is 365 g/mol. The van der Waals surface area contributed by atoms with E-state index in [0.29, 0.717) is 0 Å². The Morgan fingerprint density at radius 2 is 1.11 bits per heavy atom. The predicted molar refractivity (Wildman–Crippen MR) is 116 cm³/mol. The molecule has 1 aliphatic carbocycles. The molecule has 27 heavy (non-hydrogen) atoms. The van der Waals surface area contributed by atoms with Crippen molar-refractivity contribution in [1.82, 2.24) is 0 Å². The van der Waals surface area contributed by atoms with Crippen molar-refractivity contribution >= 4 is 11.8 Å². The monoisotopic (exact) mass is 364 g/mol. The van der Waals surface area contributed by atoms with Crippen molar-refractivity contribution in [3.8, 4) is 11.1 Å². The molecule has 0 saturated carbocycles. The van der Waals surface area contributed by atoms with Gasteiger partial charge in [0, 0.05) is 4.90 Å². The molecule has 0 aliphatic heterocycles. The highest BCUT2D eigenvalue weighted by Gasteiger charge is 2.45. The quantitative estimate of drug-likeness (QED) is 0.318. The molecule has 1 aliphatic rings. The minimum absolute atomic E-state index is 0.278.